The molecule has 0 spiro atoms. The van der Waals surface area contributed by atoms with Crippen molar-refractivity contribution in [3.63, 3.8) is 0 Å². The minimum absolute atomic E-state index is 0.217. The molecule has 0 bridgehead atoms. The second kappa shape index (κ2) is 9.57. The third-order valence-corrected chi connectivity index (χ3v) is 5.15. The van der Waals surface area contributed by atoms with E-state index in [1.54, 1.807) is 30.2 Å². The van der Waals surface area contributed by atoms with Crippen molar-refractivity contribution in [3.8, 4) is 17.2 Å². The van der Waals surface area contributed by atoms with Gasteiger partial charge < -0.3 is 24.4 Å². The summed E-state index contributed by atoms with van der Waals surface area (Å²) in [5.41, 5.74) is 1.52. The Bertz CT molecular complexity index is 860. The summed E-state index contributed by atoms with van der Waals surface area (Å²) in [7, 11) is 1.64. The summed E-state index contributed by atoms with van der Waals surface area (Å²) in [5.74, 6) is 1.99. The molecule has 156 valence electrons. The predicted molar refractivity (Wildman–Crippen MR) is 115 cm³/mol. The topological polar surface area (TPSA) is 60.0 Å². The van der Waals surface area contributed by atoms with Gasteiger partial charge in [0, 0.05) is 24.3 Å². The fraction of sp³-hybridized carbons (Fsp3) is 0.381. The quantitative estimate of drug-likeness (QED) is 0.642. The molecule has 6 nitrogen and oxygen atoms in total. The van der Waals surface area contributed by atoms with Crippen LogP contribution in [-0.4, -0.2) is 44.3 Å². The molecule has 2 aromatic rings. The summed E-state index contributed by atoms with van der Waals surface area (Å²) in [6.07, 6.45) is 0. The van der Waals surface area contributed by atoms with Crippen molar-refractivity contribution in [2.75, 3.05) is 38.7 Å². The highest BCUT2D eigenvalue weighted by molar-refractivity contribution is 6.37. The lowest BCUT2D eigenvalue weighted by molar-refractivity contribution is 0.0564. The van der Waals surface area contributed by atoms with Gasteiger partial charge >= 0.3 is 6.03 Å². The fourth-order valence-corrected chi connectivity index (χ4v) is 3.61. The second-order valence-corrected chi connectivity index (χ2v) is 7.77. The minimum Gasteiger partial charge on any atom is -0.496 e. The molecular formula is C21H24Cl2N2O4. The van der Waals surface area contributed by atoms with Crippen LogP contribution in [0, 0.1) is 0 Å². The van der Waals surface area contributed by atoms with E-state index in [1.165, 1.54) is 0 Å². The summed E-state index contributed by atoms with van der Waals surface area (Å²) in [6.45, 7) is 6.30. The lowest BCUT2D eigenvalue weighted by atomic mass is 10.0. The molecule has 0 unspecified atom stereocenters. The summed E-state index contributed by atoms with van der Waals surface area (Å²) in [6, 6.07) is 8.58. The zero-order valence-electron chi connectivity index (χ0n) is 16.6. The van der Waals surface area contributed by atoms with Crippen molar-refractivity contribution >= 4 is 34.9 Å². The van der Waals surface area contributed by atoms with Crippen molar-refractivity contribution in [2.24, 2.45) is 0 Å². The van der Waals surface area contributed by atoms with Crippen molar-refractivity contribution in [3.05, 3.63) is 45.9 Å². The maximum Gasteiger partial charge on any atom is 0.322 e. The normalized spacial score (nSPS) is 14.1. The van der Waals surface area contributed by atoms with E-state index in [1.807, 2.05) is 12.1 Å². The number of methoxy groups -OCH3 is 1. The maximum absolute atomic E-state index is 12.4. The van der Waals surface area contributed by atoms with Crippen LogP contribution in [0.5, 0.6) is 17.2 Å². The van der Waals surface area contributed by atoms with Gasteiger partial charge in [-0.3, -0.25) is 0 Å². The summed E-state index contributed by atoms with van der Waals surface area (Å²) >= 11 is 12.8. The van der Waals surface area contributed by atoms with Gasteiger partial charge in [-0.1, -0.05) is 37.0 Å². The number of halogens is 2. The largest absolute Gasteiger partial charge is 0.496 e. The molecule has 1 aliphatic rings. The van der Waals surface area contributed by atoms with E-state index in [9.17, 15) is 4.79 Å². The number of carbonyl (C=O) groups excluding carboxylic acids is 1. The molecule has 2 amide bonds. The molecule has 1 heterocycles. The van der Waals surface area contributed by atoms with Crippen LogP contribution in [0.1, 0.15) is 25.3 Å². The number of rotatable bonds is 5. The molecule has 0 saturated carbocycles. The van der Waals surface area contributed by atoms with E-state index < -0.39 is 0 Å². The molecule has 2 aromatic carbocycles. The molecule has 8 heteroatoms. The lowest BCUT2D eigenvalue weighted by Crippen LogP contribution is -2.43. The van der Waals surface area contributed by atoms with Crippen LogP contribution in [0.3, 0.4) is 0 Å². The maximum atomic E-state index is 12.4. The van der Waals surface area contributed by atoms with Crippen LogP contribution in [0.25, 0.3) is 0 Å². The number of nitrogens with one attached hydrogen (secondary N) is 1. The average Bonchev–Trinajstić information content (AvgIpc) is 2.71. The molecule has 0 aliphatic carbocycles. The molecule has 3 rings (SSSR count). The number of anilines is 1. The van der Waals surface area contributed by atoms with Gasteiger partial charge in [0.2, 0.25) is 0 Å². The average molecular weight is 439 g/mol. The van der Waals surface area contributed by atoms with Gasteiger partial charge in [0.05, 0.1) is 30.4 Å². The Morgan fingerprint density at radius 2 is 1.79 bits per heavy atom. The monoisotopic (exact) mass is 438 g/mol. The first kappa shape index (κ1) is 21.6. The summed E-state index contributed by atoms with van der Waals surface area (Å²) in [4.78, 5) is 14.0. The molecule has 0 aromatic heterocycles. The third kappa shape index (κ3) is 5.26. The van der Waals surface area contributed by atoms with Crippen molar-refractivity contribution < 1.29 is 19.0 Å². The summed E-state index contributed by atoms with van der Waals surface area (Å²) < 4.78 is 16.6. The third-order valence-electron chi connectivity index (χ3n) is 4.59. The van der Waals surface area contributed by atoms with Crippen LogP contribution < -0.4 is 14.8 Å². The molecular weight excluding hydrogens is 415 g/mol. The van der Waals surface area contributed by atoms with Gasteiger partial charge in [0.25, 0.3) is 0 Å². The number of nitrogens with zero attached hydrogens (tertiary/aromatic N) is 1. The molecule has 0 radical (unpaired) electrons. The Hall–Kier alpha value is -2.15. The number of urea groups is 1. The van der Waals surface area contributed by atoms with Crippen LogP contribution in [0.4, 0.5) is 10.5 Å². The Balaban J connectivity index is 1.77. The highest BCUT2D eigenvalue weighted by Gasteiger charge is 2.19. The van der Waals surface area contributed by atoms with Crippen LogP contribution in [0.2, 0.25) is 10.0 Å². The van der Waals surface area contributed by atoms with E-state index >= 15 is 0 Å². The first-order chi connectivity index (χ1) is 13.9. The number of morpholine rings is 1. The summed E-state index contributed by atoms with van der Waals surface area (Å²) in [5, 5.41) is 3.42. The van der Waals surface area contributed by atoms with Gasteiger partial charge in [-0.05, 0) is 36.2 Å². The van der Waals surface area contributed by atoms with E-state index in [0.717, 1.165) is 11.3 Å². The number of amides is 2. The van der Waals surface area contributed by atoms with Crippen molar-refractivity contribution in [1.29, 1.82) is 0 Å². The molecule has 0 atom stereocenters. The van der Waals surface area contributed by atoms with Gasteiger partial charge in [0.1, 0.15) is 11.5 Å². The molecule has 1 fully saturated rings. The van der Waals surface area contributed by atoms with E-state index in [0.29, 0.717) is 53.5 Å². The number of benzene rings is 2. The Morgan fingerprint density at radius 1 is 1.14 bits per heavy atom. The van der Waals surface area contributed by atoms with Crippen molar-refractivity contribution in [1.82, 2.24) is 4.90 Å². The Kier molecular flexibility index (Phi) is 7.11. The lowest BCUT2D eigenvalue weighted by Gasteiger charge is -2.27. The molecule has 1 saturated heterocycles. The van der Waals surface area contributed by atoms with Crippen molar-refractivity contribution in [2.45, 2.75) is 19.8 Å². The van der Waals surface area contributed by atoms with Gasteiger partial charge in [-0.2, -0.15) is 0 Å². The van der Waals surface area contributed by atoms with E-state index in [2.05, 4.69) is 19.2 Å². The van der Waals surface area contributed by atoms with Crippen LogP contribution >= 0.6 is 23.2 Å². The first-order valence-electron chi connectivity index (χ1n) is 9.37. The van der Waals surface area contributed by atoms with Gasteiger partial charge in [0.15, 0.2) is 5.75 Å². The standard InChI is InChI=1S/C21H24Cl2N2O4/c1-13(2)16-12-15(4-5-19(16)27-3)29-20-17(22)10-14(11-18(20)23)24-21(26)25-6-8-28-9-7-25/h4-5,10-13H,6-9H2,1-3H3,(H,24,26). The highest BCUT2D eigenvalue weighted by Crippen LogP contribution is 2.40. The Labute approximate surface area is 180 Å². The predicted octanol–water partition coefficient (Wildman–Crippen LogP) is 5.78. The number of carbonyl (C=O) groups is 1. The first-order valence-corrected chi connectivity index (χ1v) is 10.1. The smallest absolute Gasteiger partial charge is 0.322 e. The SMILES string of the molecule is COc1ccc(Oc2c(Cl)cc(NC(=O)N3CCOCC3)cc2Cl)cc1C(C)C. The molecule has 29 heavy (non-hydrogen) atoms. The zero-order valence-corrected chi connectivity index (χ0v) is 18.1. The fourth-order valence-electron chi connectivity index (χ4n) is 3.04. The zero-order chi connectivity index (χ0) is 21.0. The number of hydrogen-bond acceptors (Lipinski definition) is 4. The van der Waals surface area contributed by atoms with Crippen LogP contribution in [0.15, 0.2) is 30.3 Å². The van der Waals surface area contributed by atoms with Gasteiger partial charge in [-0.25, -0.2) is 4.79 Å². The second-order valence-electron chi connectivity index (χ2n) is 6.96. The Morgan fingerprint density at radius 3 is 2.38 bits per heavy atom. The van der Waals surface area contributed by atoms with E-state index in [4.69, 9.17) is 37.4 Å². The van der Waals surface area contributed by atoms with Crippen LogP contribution in [-0.2, 0) is 4.74 Å². The number of ether oxygens (including phenoxy) is 3. The number of hydrogen-bond donors (Lipinski definition) is 1. The molecule has 1 N–H and O–H groups in total. The highest BCUT2D eigenvalue weighted by atomic mass is 35.5. The van der Waals surface area contributed by atoms with Gasteiger partial charge in [-0.15, -0.1) is 0 Å². The minimum atomic E-state index is -0.217. The van der Waals surface area contributed by atoms with E-state index in [-0.39, 0.29) is 11.9 Å². The molecule has 1 aliphatic heterocycles.